The van der Waals surface area contributed by atoms with Gasteiger partial charge in [-0.1, -0.05) is 13.0 Å². The van der Waals surface area contributed by atoms with E-state index in [9.17, 15) is 9.59 Å². The number of amides is 1. The highest BCUT2D eigenvalue weighted by molar-refractivity contribution is 5.79. The predicted molar refractivity (Wildman–Crippen MR) is 53.0 cm³/mol. The molecule has 0 spiro atoms. The van der Waals surface area contributed by atoms with Crippen molar-refractivity contribution < 1.29 is 14.7 Å². The molecule has 0 aliphatic carbocycles. The first-order valence-corrected chi connectivity index (χ1v) is 4.42. The molecule has 0 atom stereocenters. The van der Waals surface area contributed by atoms with Crippen molar-refractivity contribution >= 4 is 11.9 Å². The number of carbonyl (C=O) groups excluding carboxylic acids is 1. The fourth-order valence-corrected chi connectivity index (χ4v) is 0.890. The minimum Gasteiger partial charge on any atom is -0.478 e. The first-order valence-electron chi connectivity index (χ1n) is 4.42. The summed E-state index contributed by atoms with van der Waals surface area (Å²) in [5.74, 6) is -1.04. The lowest BCUT2D eigenvalue weighted by Crippen LogP contribution is -2.35. The number of likely N-dealkylation sites (N-methyl/N-ethyl adjacent to an activating group) is 2. The van der Waals surface area contributed by atoms with Crippen LogP contribution in [0, 0.1) is 0 Å². The van der Waals surface area contributed by atoms with Gasteiger partial charge in [0, 0.05) is 19.7 Å². The highest BCUT2D eigenvalue weighted by atomic mass is 16.4. The van der Waals surface area contributed by atoms with E-state index in [1.165, 1.54) is 6.08 Å². The highest BCUT2D eigenvalue weighted by Crippen LogP contribution is 1.88. The molecule has 0 heterocycles. The Morgan fingerprint density at radius 2 is 2.14 bits per heavy atom. The maximum absolute atomic E-state index is 11.0. The Morgan fingerprint density at radius 1 is 1.50 bits per heavy atom. The summed E-state index contributed by atoms with van der Waals surface area (Å²) in [5.41, 5.74) is 0. The Morgan fingerprint density at radius 3 is 2.57 bits per heavy atom. The first-order chi connectivity index (χ1) is 6.60. The van der Waals surface area contributed by atoms with E-state index < -0.39 is 5.97 Å². The first kappa shape index (κ1) is 12.6. The molecule has 0 aromatic heterocycles. The number of nitrogens with one attached hydrogen (secondary N) is 1. The number of hydrogen-bond donors (Lipinski definition) is 2. The minimum absolute atomic E-state index is 0.0735. The van der Waals surface area contributed by atoms with Crippen molar-refractivity contribution in [3.8, 4) is 0 Å². The lowest BCUT2D eigenvalue weighted by Gasteiger charge is -2.16. The molecule has 0 aliphatic heterocycles. The van der Waals surface area contributed by atoms with Gasteiger partial charge in [-0.05, 0) is 6.54 Å². The van der Waals surface area contributed by atoms with Crippen molar-refractivity contribution in [1.82, 2.24) is 10.2 Å². The minimum atomic E-state index is -0.971. The SMILES string of the molecule is CCN(C/C=C/C(=O)O)CC(=O)NC. The van der Waals surface area contributed by atoms with E-state index in [0.717, 1.165) is 6.08 Å². The number of carboxylic acid groups (broad SMARTS) is 1. The highest BCUT2D eigenvalue weighted by Gasteiger charge is 2.04. The lowest BCUT2D eigenvalue weighted by atomic mass is 10.4. The molecular formula is C9H16N2O3. The maximum atomic E-state index is 11.0. The summed E-state index contributed by atoms with van der Waals surface area (Å²) in [6.07, 6.45) is 2.60. The monoisotopic (exact) mass is 200 g/mol. The van der Waals surface area contributed by atoms with Crippen LogP contribution in [0.1, 0.15) is 6.92 Å². The molecule has 1 amide bonds. The van der Waals surface area contributed by atoms with Crippen LogP contribution in [-0.4, -0.2) is 48.6 Å². The van der Waals surface area contributed by atoms with Crippen LogP contribution < -0.4 is 5.32 Å². The van der Waals surface area contributed by atoms with Crippen molar-refractivity contribution in [3.63, 3.8) is 0 Å². The van der Waals surface area contributed by atoms with Gasteiger partial charge in [-0.2, -0.15) is 0 Å². The molecular weight excluding hydrogens is 184 g/mol. The van der Waals surface area contributed by atoms with Gasteiger partial charge in [-0.25, -0.2) is 4.79 Å². The number of hydrogen-bond acceptors (Lipinski definition) is 3. The molecule has 0 fully saturated rings. The number of carbonyl (C=O) groups is 2. The molecule has 0 saturated heterocycles. The van der Waals surface area contributed by atoms with Crippen LogP contribution in [0.2, 0.25) is 0 Å². The van der Waals surface area contributed by atoms with Crippen LogP contribution in [0.3, 0.4) is 0 Å². The third kappa shape index (κ3) is 6.19. The fourth-order valence-electron chi connectivity index (χ4n) is 0.890. The van der Waals surface area contributed by atoms with Crippen LogP contribution in [0.15, 0.2) is 12.2 Å². The van der Waals surface area contributed by atoms with Crippen LogP contribution in [0.4, 0.5) is 0 Å². The Labute approximate surface area is 83.4 Å². The molecule has 80 valence electrons. The predicted octanol–water partition coefficient (Wildman–Crippen LogP) is -0.305. The number of aliphatic carboxylic acids is 1. The van der Waals surface area contributed by atoms with Gasteiger partial charge in [0.2, 0.25) is 5.91 Å². The Balaban J connectivity index is 3.91. The van der Waals surface area contributed by atoms with E-state index in [1.54, 1.807) is 7.05 Å². The zero-order valence-corrected chi connectivity index (χ0v) is 8.49. The Hall–Kier alpha value is -1.36. The lowest BCUT2D eigenvalue weighted by molar-refractivity contribution is -0.131. The van der Waals surface area contributed by atoms with Gasteiger partial charge in [0.25, 0.3) is 0 Å². The van der Waals surface area contributed by atoms with E-state index in [2.05, 4.69) is 5.32 Å². The molecule has 0 rings (SSSR count). The maximum Gasteiger partial charge on any atom is 0.328 e. The summed E-state index contributed by atoms with van der Waals surface area (Å²) in [5, 5.41) is 10.9. The number of rotatable bonds is 6. The van der Waals surface area contributed by atoms with E-state index >= 15 is 0 Å². The van der Waals surface area contributed by atoms with Gasteiger partial charge in [0.15, 0.2) is 0 Å². The molecule has 0 bridgehead atoms. The standard InChI is InChI=1S/C9H16N2O3/c1-3-11(7-8(12)10-2)6-4-5-9(13)14/h4-5H,3,6-7H2,1-2H3,(H,10,12)(H,13,14)/b5-4+. The van der Waals surface area contributed by atoms with Gasteiger partial charge in [-0.15, -0.1) is 0 Å². The van der Waals surface area contributed by atoms with Gasteiger partial charge in [-0.3, -0.25) is 9.69 Å². The summed E-state index contributed by atoms with van der Waals surface area (Å²) < 4.78 is 0. The normalized spacial score (nSPS) is 10.8. The summed E-state index contributed by atoms with van der Waals surface area (Å²) in [6, 6.07) is 0. The van der Waals surface area contributed by atoms with Gasteiger partial charge >= 0.3 is 5.97 Å². The number of carboxylic acids is 1. The second-order valence-corrected chi connectivity index (χ2v) is 2.74. The summed E-state index contributed by atoms with van der Waals surface area (Å²) >= 11 is 0. The second-order valence-electron chi connectivity index (χ2n) is 2.74. The zero-order chi connectivity index (χ0) is 11.0. The Bertz CT molecular complexity index is 226. The molecule has 5 nitrogen and oxygen atoms in total. The van der Waals surface area contributed by atoms with E-state index in [1.807, 2.05) is 11.8 Å². The molecule has 2 N–H and O–H groups in total. The molecule has 0 radical (unpaired) electrons. The smallest absolute Gasteiger partial charge is 0.328 e. The van der Waals surface area contributed by atoms with Crippen molar-refractivity contribution in [3.05, 3.63) is 12.2 Å². The Kier molecular flexibility index (Phi) is 6.39. The summed E-state index contributed by atoms with van der Waals surface area (Å²) in [6.45, 7) is 3.38. The van der Waals surface area contributed by atoms with E-state index in [4.69, 9.17) is 5.11 Å². The van der Waals surface area contributed by atoms with Gasteiger partial charge < -0.3 is 10.4 Å². The van der Waals surface area contributed by atoms with Crippen molar-refractivity contribution in [2.45, 2.75) is 6.92 Å². The van der Waals surface area contributed by atoms with Gasteiger partial charge in [0.1, 0.15) is 0 Å². The third-order valence-corrected chi connectivity index (χ3v) is 1.72. The number of nitrogens with zero attached hydrogens (tertiary/aromatic N) is 1. The third-order valence-electron chi connectivity index (χ3n) is 1.72. The molecule has 0 aromatic rings. The quantitative estimate of drug-likeness (QED) is 0.577. The average molecular weight is 200 g/mol. The van der Waals surface area contributed by atoms with Crippen molar-refractivity contribution in [1.29, 1.82) is 0 Å². The van der Waals surface area contributed by atoms with Crippen LogP contribution in [0.5, 0.6) is 0 Å². The largest absolute Gasteiger partial charge is 0.478 e. The van der Waals surface area contributed by atoms with Crippen molar-refractivity contribution in [2.75, 3.05) is 26.7 Å². The summed E-state index contributed by atoms with van der Waals surface area (Å²) in [4.78, 5) is 23.0. The molecule has 0 saturated carbocycles. The fraction of sp³-hybridized carbons (Fsp3) is 0.556. The van der Waals surface area contributed by atoms with Crippen LogP contribution >= 0.6 is 0 Å². The molecule has 0 aliphatic rings. The van der Waals surface area contributed by atoms with Gasteiger partial charge in [0.05, 0.1) is 6.54 Å². The zero-order valence-electron chi connectivity index (χ0n) is 8.49. The van der Waals surface area contributed by atoms with E-state index in [-0.39, 0.29) is 12.5 Å². The topological polar surface area (TPSA) is 69.6 Å². The van der Waals surface area contributed by atoms with Crippen LogP contribution in [0.25, 0.3) is 0 Å². The van der Waals surface area contributed by atoms with Crippen LogP contribution in [-0.2, 0) is 9.59 Å². The molecule has 5 heteroatoms. The van der Waals surface area contributed by atoms with E-state index in [0.29, 0.717) is 13.1 Å². The molecule has 0 unspecified atom stereocenters. The molecule has 0 aromatic carbocycles. The van der Waals surface area contributed by atoms with Crippen molar-refractivity contribution in [2.24, 2.45) is 0 Å². The average Bonchev–Trinajstić information content (AvgIpc) is 2.15. The molecule has 14 heavy (non-hydrogen) atoms. The second kappa shape index (κ2) is 7.08. The summed E-state index contributed by atoms with van der Waals surface area (Å²) in [7, 11) is 1.57.